The van der Waals surface area contributed by atoms with E-state index in [9.17, 15) is 9.59 Å². The Bertz CT molecular complexity index is 991. The summed E-state index contributed by atoms with van der Waals surface area (Å²) < 4.78 is 7.39. The van der Waals surface area contributed by atoms with E-state index in [-0.39, 0.29) is 11.8 Å². The average Bonchev–Trinajstić information content (AvgIpc) is 3.32. The number of ether oxygens (including phenoxy) is 1. The van der Waals surface area contributed by atoms with Crippen LogP contribution in [0.5, 0.6) is 0 Å². The predicted octanol–water partition coefficient (Wildman–Crippen LogP) is 4.41. The zero-order valence-corrected chi connectivity index (χ0v) is 16.2. The molecular formula is C20H21N3O3S. The first kappa shape index (κ1) is 17.9. The Morgan fingerprint density at radius 1 is 1.37 bits per heavy atom. The molecule has 3 aromatic heterocycles. The summed E-state index contributed by atoms with van der Waals surface area (Å²) in [6.45, 7) is 4.04. The number of hydrogen-bond acceptors (Lipinski definition) is 6. The number of fused-ring (bicyclic) bond motifs is 1. The van der Waals surface area contributed by atoms with Gasteiger partial charge in [-0.3, -0.25) is 4.79 Å². The molecule has 1 saturated carbocycles. The van der Waals surface area contributed by atoms with Crippen LogP contribution in [0.25, 0.3) is 21.6 Å². The summed E-state index contributed by atoms with van der Waals surface area (Å²) in [7, 11) is 0. The van der Waals surface area contributed by atoms with Crippen molar-refractivity contribution in [3.05, 3.63) is 35.3 Å². The topological polar surface area (TPSA) is 74.1 Å². The number of ketones is 1. The van der Waals surface area contributed by atoms with Crippen molar-refractivity contribution in [2.75, 3.05) is 0 Å². The molecule has 1 aliphatic rings. The Morgan fingerprint density at radius 3 is 2.93 bits per heavy atom. The molecule has 0 N–H and O–H groups in total. The van der Waals surface area contributed by atoms with Gasteiger partial charge in [-0.1, -0.05) is 6.07 Å². The average molecular weight is 383 g/mol. The Hall–Kier alpha value is -2.54. The summed E-state index contributed by atoms with van der Waals surface area (Å²) in [6.07, 6.45) is 3.87. The summed E-state index contributed by atoms with van der Waals surface area (Å²) >= 11 is 1.56. The zero-order valence-electron chi connectivity index (χ0n) is 15.3. The van der Waals surface area contributed by atoms with Gasteiger partial charge in [-0.15, -0.1) is 11.3 Å². The number of thiophene rings is 1. The molecule has 3 heterocycles. The monoisotopic (exact) mass is 383 g/mol. The lowest BCUT2D eigenvalue weighted by molar-refractivity contribution is -0.129. The number of carbonyl (C=O) groups excluding carboxylic acids is 2. The van der Waals surface area contributed by atoms with Crippen LogP contribution in [-0.2, 0) is 9.53 Å². The molecular weight excluding hydrogens is 362 g/mol. The maximum atomic E-state index is 12.9. The Kier molecular flexibility index (Phi) is 4.78. The van der Waals surface area contributed by atoms with Crippen molar-refractivity contribution in [1.82, 2.24) is 14.8 Å². The number of aromatic nitrogens is 3. The molecule has 140 valence electrons. The molecule has 4 rings (SSSR count). The van der Waals surface area contributed by atoms with E-state index in [1.807, 2.05) is 31.4 Å². The van der Waals surface area contributed by atoms with Crippen molar-refractivity contribution < 1.29 is 14.3 Å². The third-order valence-electron chi connectivity index (χ3n) is 4.80. The lowest BCUT2D eigenvalue weighted by atomic mass is 9.96. The fourth-order valence-electron chi connectivity index (χ4n) is 3.38. The molecule has 0 amide bonds. The van der Waals surface area contributed by atoms with Crippen molar-refractivity contribution in [3.63, 3.8) is 0 Å². The minimum Gasteiger partial charge on any atom is -0.451 e. The van der Waals surface area contributed by atoms with E-state index in [2.05, 4.69) is 5.10 Å². The first-order valence-electron chi connectivity index (χ1n) is 9.20. The number of carbonyl (C=O) groups is 2. The highest BCUT2D eigenvalue weighted by Crippen LogP contribution is 2.30. The lowest BCUT2D eigenvalue weighted by Crippen LogP contribution is -2.30. The summed E-state index contributed by atoms with van der Waals surface area (Å²) in [5.74, 6) is -0.472. The Balaban J connectivity index is 1.78. The molecule has 0 unspecified atom stereocenters. The second-order valence-corrected chi connectivity index (χ2v) is 8.01. The van der Waals surface area contributed by atoms with Crippen molar-refractivity contribution in [1.29, 1.82) is 0 Å². The first-order chi connectivity index (χ1) is 13.0. The van der Waals surface area contributed by atoms with Gasteiger partial charge in [-0.05, 0) is 50.6 Å². The van der Waals surface area contributed by atoms with E-state index < -0.39 is 12.1 Å². The van der Waals surface area contributed by atoms with Crippen molar-refractivity contribution in [3.8, 4) is 10.6 Å². The van der Waals surface area contributed by atoms with Crippen molar-refractivity contribution in [2.45, 2.75) is 51.7 Å². The van der Waals surface area contributed by atoms with Crippen LogP contribution < -0.4 is 0 Å². The van der Waals surface area contributed by atoms with Gasteiger partial charge in [-0.25, -0.2) is 14.5 Å². The van der Waals surface area contributed by atoms with Gasteiger partial charge in [0, 0.05) is 12.5 Å². The van der Waals surface area contributed by atoms with Gasteiger partial charge in [0.05, 0.1) is 27.7 Å². The number of pyridine rings is 1. The van der Waals surface area contributed by atoms with E-state index >= 15 is 0 Å². The van der Waals surface area contributed by atoms with Gasteiger partial charge in [0.25, 0.3) is 0 Å². The third kappa shape index (κ3) is 3.39. The third-order valence-corrected chi connectivity index (χ3v) is 5.69. The van der Waals surface area contributed by atoms with E-state index in [1.54, 1.807) is 28.3 Å². The molecule has 3 aromatic rings. The molecule has 27 heavy (non-hydrogen) atoms. The van der Waals surface area contributed by atoms with Crippen LogP contribution in [0.4, 0.5) is 0 Å². The largest absolute Gasteiger partial charge is 0.451 e. The van der Waals surface area contributed by atoms with Crippen LogP contribution >= 0.6 is 11.3 Å². The fourth-order valence-corrected chi connectivity index (χ4v) is 4.07. The minimum absolute atomic E-state index is 0.0104. The summed E-state index contributed by atoms with van der Waals surface area (Å²) in [5, 5.41) is 7.03. The molecule has 0 spiro atoms. The molecule has 1 atom stereocenters. The van der Waals surface area contributed by atoms with Crippen LogP contribution in [0.3, 0.4) is 0 Å². The normalized spacial score (nSPS) is 17.6. The second kappa shape index (κ2) is 7.23. The zero-order chi connectivity index (χ0) is 19.0. The molecule has 7 heteroatoms. The molecule has 1 fully saturated rings. The van der Waals surface area contributed by atoms with Gasteiger partial charge >= 0.3 is 5.97 Å². The summed E-state index contributed by atoms with van der Waals surface area (Å²) in [4.78, 5) is 30.7. The van der Waals surface area contributed by atoms with Gasteiger partial charge in [0.15, 0.2) is 17.5 Å². The first-order valence-corrected chi connectivity index (χ1v) is 10.1. The molecule has 0 aliphatic heterocycles. The Labute approximate surface area is 161 Å². The van der Waals surface area contributed by atoms with Crippen LogP contribution in [0.2, 0.25) is 0 Å². The molecule has 0 aromatic carbocycles. The van der Waals surface area contributed by atoms with Crippen LogP contribution in [0.1, 0.15) is 55.9 Å². The smallest absolute Gasteiger partial charge is 0.339 e. The standard InChI is InChI=1S/C20H21N3O3S/c1-12(2)23-19-14(11-21-23)13(10-15(22-19)18-8-5-9-27-18)20(25)26-17-7-4-3-6-16(17)24/h5,8-12,17H,3-4,6-7H2,1-2H3/t17-/m1/s1. The lowest BCUT2D eigenvalue weighted by Gasteiger charge is -2.21. The molecule has 0 saturated heterocycles. The molecule has 0 bridgehead atoms. The second-order valence-electron chi connectivity index (χ2n) is 7.06. The van der Waals surface area contributed by atoms with E-state index in [0.29, 0.717) is 35.1 Å². The SMILES string of the molecule is CC(C)n1ncc2c(C(=O)O[C@@H]3CCCCC3=O)cc(-c3cccs3)nc21. The van der Waals surface area contributed by atoms with E-state index in [1.165, 1.54) is 0 Å². The highest BCUT2D eigenvalue weighted by atomic mass is 32.1. The molecule has 0 radical (unpaired) electrons. The van der Waals surface area contributed by atoms with Crippen molar-refractivity contribution in [2.24, 2.45) is 0 Å². The van der Waals surface area contributed by atoms with Crippen molar-refractivity contribution >= 4 is 34.1 Å². The maximum Gasteiger partial charge on any atom is 0.339 e. The predicted molar refractivity (Wildman–Crippen MR) is 104 cm³/mol. The number of esters is 1. The van der Waals surface area contributed by atoms with Gasteiger partial charge in [0.1, 0.15) is 0 Å². The van der Waals surface area contributed by atoms with E-state index in [4.69, 9.17) is 9.72 Å². The number of nitrogens with zero attached hydrogens (tertiary/aromatic N) is 3. The van der Waals surface area contributed by atoms with E-state index in [0.717, 1.165) is 17.7 Å². The highest BCUT2D eigenvalue weighted by molar-refractivity contribution is 7.13. The Morgan fingerprint density at radius 2 is 2.22 bits per heavy atom. The summed E-state index contributed by atoms with van der Waals surface area (Å²) in [6, 6.07) is 5.77. The number of Topliss-reactive ketones (excluding diaryl/α,β-unsaturated/α-hetero) is 1. The fraction of sp³-hybridized carbons (Fsp3) is 0.400. The quantitative estimate of drug-likeness (QED) is 0.624. The van der Waals surface area contributed by atoms with Crippen LogP contribution in [0.15, 0.2) is 29.8 Å². The molecule has 6 nitrogen and oxygen atoms in total. The minimum atomic E-state index is -0.639. The molecule has 1 aliphatic carbocycles. The van der Waals surface area contributed by atoms with Crippen LogP contribution in [-0.4, -0.2) is 32.6 Å². The summed E-state index contributed by atoms with van der Waals surface area (Å²) in [5.41, 5.74) is 1.77. The maximum absolute atomic E-state index is 12.9. The van der Waals surface area contributed by atoms with Gasteiger partial charge in [0.2, 0.25) is 0 Å². The number of rotatable bonds is 4. The van der Waals surface area contributed by atoms with Gasteiger partial charge < -0.3 is 4.74 Å². The number of hydrogen-bond donors (Lipinski definition) is 0. The van der Waals surface area contributed by atoms with Gasteiger partial charge in [-0.2, -0.15) is 5.10 Å². The highest BCUT2D eigenvalue weighted by Gasteiger charge is 2.28. The van der Waals surface area contributed by atoms with Crippen LogP contribution in [0, 0.1) is 0 Å².